The number of amides is 2. The van der Waals surface area contributed by atoms with Crippen molar-refractivity contribution in [2.24, 2.45) is 0 Å². The molecule has 0 radical (unpaired) electrons. The third kappa shape index (κ3) is 4.99. The first-order valence-corrected chi connectivity index (χ1v) is 12.2. The molecular formula is C25H21ClN2O4S. The molecule has 0 spiro atoms. The van der Waals surface area contributed by atoms with Crippen molar-refractivity contribution in [3.63, 3.8) is 0 Å². The first-order chi connectivity index (χ1) is 15.9. The van der Waals surface area contributed by atoms with E-state index in [1.165, 1.54) is 12.1 Å². The minimum Gasteiger partial charge on any atom is -0.352 e. The van der Waals surface area contributed by atoms with Crippen LogP contribution in [0.5, 0.6) is 0 Å². The lowest BCUT2D eigenvalue weighted by Crippen LogP contribution is -2.31. The van der Waals surface area contributed by atoms with E-state index in [2.05, 4.69) is 10.6 Å². The number of nitrogens with one attached hydrogen (secondary N) is 2. The molecule has 0 aromatic heterocycles. The summed E-state index contributed by atoms with van der Waals surface area (Å²) in [6, 6.07) is 21.2. The molecule has 8 heteroatoms. The molecule has 168 valence electrons. The minimum atomic E-state index is -3.79. The van der Waals surface area contributed by atoms with Crippen molar-refractivity contribution in [2.45, 2.75) is 11.3 Å². The standard InChI is InChI=1S/C25H21ClN2O4S/c26-21-12-10-18(11-13-21)17-6-8-19(9-7-17)24(29)27-14-3-15-28-25(30)23-16-20-4-1-2-5-22(20)33(23,31)32/h1-2,4-13,16H,3,14-15H2,(H,27,29)(H,28,30). The highest BCUT2D eigenvalue weighted by atomic mass is 35.5. The first-order valence-electron chi connectivity index (χ1n) is 10.3. The maximum Gasteiger partial charge on any atom is 0.263 e. The number of rotatable bonds is 7. The predicted octanol–water partition coefficient (Wildman–Crippen LogP) is 4.07. The van der Waals surface area contributed by atoms with Gasteiger partial charge in [-0.15, -0.1) is 0 Å². The van der Waals surface area contributed by atoms with Gasteiger partial charge in [-0.3, -0.25) is 9.59 Å². The summed E-state index contributed by atoms with van der Waals surface area (Å²) in [5.41, 5.74) is 3.02. The molecule has 1 heterocycles. The molecule has 0 unspecified atom stereocenters. The summed E-state index contributed by atoms with van der Waals surface area (Å²) < 4.78 is 25.0. The third-order valence-corrected chi connectivity index (χ3v) is 7.34. The van der Waals surface area contributed by atoms with Crippen LogP contribution >= 0.6 is 11.6 Å². The lowest BCUT2D eigenvalue weighted by atomic mass is 10.0. The first kappa shape index (κ1) is 22.8. The van der Waals surface area contributed by atoms with Crippen molar-refractivity contribution in [2.75, 3.05) is 13.1 Å². The summed E-state index contributed by atoms with van der Waals surface area (Å²) >= 11 is 5.91. The highest BCUT2D eigenvalue weighted by molar-refractivity contribution is 7.96. The normalized spacial score (nSPS) is 13.7. The van der Waals surface area contributed by atoms with Crippen molar-refractivity contribution < 1.29 is 18.0 Å². The van der Waals surface area contributed by atoms with E-state index in [9.17, 15) is 18.0 Å². The van der Waals surface area contributed by atoms with Gasteiger partial charge in [-0.2, -0.15) is 0 Å². The Balaban J connectivity index is 1.24. The monoisotopic (exact) mass is 480 g/mol. The van der Waals surface area contributed by atoms with Crippen LogP contribution in [0.4, 0.5) is 0 Å². The molecule has 0 bridgehead atoms. The summed E-state index contributed by atoms with van der Waals surface area (Å²) in [7, 11) is -3.79. The predicted molar refractivity (Wildman–Crippen MR) is 128 cm³/mol. The number of hydrogen-bond donors (Lipinski definition) is 2. The van der Waals surface area contributed by atoms with E-state index in [0.717, 1.165) is 11.1 Å². The van der Waals surface area contributed by atoms with Gasteiger partial charge < -0.3 is 10.6 Å². The van der Waals surface area contributed by atoms with Gasteiger partial charge in [0.25, 0.3) is 11.8 Å². The van der Waals surface area contributed by atoms with Crippen molar-refractivity contribution in [3.05, 3.63) is 93.9 Å². The van der Waals surface area contributed by atoms with Gasteiger partial charge in [0.1, 0.15) is 4.91 Å². The Morgan fingerprint density at radius 3 is 1.97 bits per heavy atom. The van der Waals surface area contributed by atoms with Gasteiger partial charge in [0.2, 0.25) is 9.84 Å². The fourth-order valence-electron chi connectivity index (χ4n) is 3.51. The molecular weight excluding hydrogens is 460 g/mol. The fourth-order valence-corrected chi connectivity index (χ4v) is 5.16. The zero-order chi connectivity index (χ0) is 23.4. The van der Waals surface area contributed by atoms with Crippen LogP contribution in [0, 0.1) is 0 Å². The van der Waals surface area contributed by atoms with Crippen molar-refractivity contribution in [3.8, 4) is 11.1 Å². The highest BCUT2D eigenvalue weighted by Crippen LogP contribution is 2.32. The quantitative estimate of drug-likeness (QED) is 0.498. The number of benzene rings is 3. The van der Waals surface area contributed by atoms with Crippen molar-refractivity contribution >= 4 is 39.3 Å². The largest absolute Gasteiger partial charge is 0.352 e. The Morgan fingerprint density at radius 1 is 0.758 bits per heavy atom. The Labute approximate surface area is 197 Å². The molecule has 6 nitrogen and oxygen atoms in total. The van der Waals surface area contributed by atoms with Crippen LogP contribution in [0.15, 0.2) is 82.6 Å². The van der Waals surface area contributed by atoms with E-state index in [0.29, 0.717) is 29.1 Å². The van der Waals surface area contributed by atoms with Gasteiger partial charge in [0.15, 0.2) is 0 Å². The minimum absolute atomic E-state index is 0.143. The molecule has 3 aromatic rings. The lowest BCUT2D eigenvalue weighted by Gasteiger charge is -2.08. The second-order valence-electron chi connectivity index (χ2n) is 7.50. The van der Waals surface area contributed by atoms with Crippen LogP contribution in [0.2, 0.25) is 5.02 Å². The number of hydrogen-bond acceptors (Lipinski definition) is 4. The summed E-state index contributed by atoms with van der Waals surface area (Å²) in [5.74, 6) is -0.865. The Morgan fingerprint density at radius 2 is 1.33 bits per heavy atom. The van der Waals surface area contributed by atoms with Crippen molar-refractivity contribution in [1.29, 1.82) is 0 Å². The van der Waals surface area contributed by atoms with E-state index >= 15 is 0 Å². The smallest absolute Gasteiger partial charge is 0.263 e. The second kappa shape index (κ2) is 9.60. The van der Waals surface area contributed by atoms with Gasteiger partial charge in [0.05, 0.1) is 4.90 Å². The molecule has 4 rings (SSSR count). The molecule has 2 N–H and O–H groups in total. The molecule has 1 aliphatic heterocycles. The van der Waals surface area contributed by atoms with Gasteiger partial charge in [-0.25, -0.2) is 8.42 Å². The highest BCUT2D eigenvalue weighted by Gasteiger charge is 2.33. The molecule has 2 amide bonds. The number of carbonyl (C=O) groups excluding carboxylic acids is 2. The fraction of sp³-hybridized carbons (Fsp3) is 0.120. The van der Waals surface area contributed by atoms with Gasteiger partial charge in [0, 0.05) is 23.7 Å². The summed E-state index contributed by atoms with van der Waals surface area (Å²) in [6.45, 7) is 0.571. The molecule has 0 saturated carbocycles. The van der Waals surface area contributed by atoms with E-state index in [1.54, 1.807) is 30.3 Å². The average Bonchev–Trinajstić information content (AvgIpc) is 3.10. The third-order valence-electron chi connectivity index (χ3n) is 5.26. The Bertz CT molecular complexity index is 1330. The Hall–Kier alpha value is -3.42. The van der Waals surface area contributed by atoms with Gasteiger partial charge in [-0.05, 0) is 59.5 Å². The lowest BCUT2D eigenvalue weighted by molar-refractivity contribution is -0.116. The Kier molecular flexibility index (Phi) is 6.62. The molecule has 0 fully saturated rings. The zero-order valence-corrected chi connectivity index (χ0v) is 19.1. The average molecular weight is 481 g/mol. The molecule has 0 aliphatic carbocycles. The molecule has 3 aromatic carbocycles. The number of sulfone groups is 1. The van der Waals surface area contributed by atoms with E-state index < -0.39 is 15.7 Å². The SMILES string of the molecule is O=C(NCCCNC(=O)c1ccc(-c2ccc(Cl)cc2)cc1)C1=Cc2ccccc2S1(=O)=O. The second-order valence-corrected chi connectivity index (χ2v) is 9.82. The van der Waals surface area contributed by atoms with Gasteiger partial charge >= 0.3 is 0 Å². The zero-order valence-electron chi connectivity index (χ0n) is 17.5. The van der Waals surface area contributed by atoms with Crippen LogP contribution in [-0.2, 0) is 14.6 Å². The number of carbonyl (C=O) groups is 2. The molecule has 0 saturated heterocycles. The number of fused-ring (bicyclic) bond motifs is 1. The van der Waals surface area contributed by atoms with E-state index in [1.807, 2.05) is 36.4 Å². The number of halogens is 1. The molecule has 33 heavy (non-hydrogen) atoms. The van der Waals surface area contributed by atoms with E-state index in [-0.39, 0.29) is 22.3 Å². The van der Waals surface area contributed by atoms with Crippen molar-refractivity contribution in [1.82, 2.24) is 10.6 Å². The molecule has 0 atom stereocenters. The van der Waals surface area contributed by atoms with Gasteiger partial charge in [-0.1, -0.05) is 54.1 Å². The maximum atomic E-state index is 12.5. The topological polar surface area (TPSA) is 92.3 Å². The van der Waals surface area contributed by atoms with E-state index in [4.69, 9.17) is 11.6 Å². The van der Waals surface area contributed by atoms with Crippen LogP contribution in [0.25, 0.3) is 17.2 Å². The maximum absolute atomic E-state index is 12.5. The van der Waals surface area contributed by atoms with Crippen LogP contribution < -0.4 is 10.6 Å². The summed E-state index contributed by atoms with van der Waals surface area (Å²) in [6.07, 6.45) is 1.84. The summed E-state index contributed by atoms with van der Waals surface area (Å²) in [4.78, 5) is 24.6. The van der Waals surface area contributed by atoms with Crippen LogP contribution in [0.3, 0.4) is 0 Å². The van der Waals surface area contributed by atoms with Crippen LogP contribution in [0.1, 0.15) is 22.3 Å². The molecule has 1 aliphatic rings. The summed E-state index contributed by atoms with van der Waals surface area (Å²) in [5, 5.41) is 6.07. The van der Waals surface area contributed by atoms with Crippen LogP contribution in [-0.4, -0.2) is 33.3 Å².